The smallest absolute Gasteiger partial charge is 0.435 e. The first-order chi connectivity index (χ1) is 17.2. The molecule has 4 N–H and O–H groups in total. The molecule has 0 spiro atoms. The fourth-order valence-corrected chi connectivity index (χ4v) is 6.81. The van der Waals surface area contributed by atoms with E-state index in [0.717, 1.165) is 18.6 Å². The van der Waals surface area contributed by atoms with Crippen molar-refractivity contribution in [1.82, 2.24) is 5.32 Å². The number of hydrogen-bond donors (Lipinski definition) is 3. The van der Waals surface area contributed by atoms with Crippen LogP contribution in [-0.4, -0.2) is 77.7 Å². The first-order valence-corrected chi connectivity index (χ1v) is 15.5. The molecule has 1 rings (SSSR count). The number of carbonyl (C=O) groups is 3. The standard InChI is InChI=1S/C24H38N2O7S3/c1-5-31-24(30)33-17(3)32-23(29)20(16(2)27)26-22(28)21(19(14-25)15-34-4)36-35-13-9-12-18-10-7-6-8-11-18/h6-8,10-11,16-17,19-21,27H,5,9,12-15,25H2,1-4H3,(H,26,28). The van der Waals surface area contributed by atoms with Gasteiger partial charge in [0.15, 0.2) is 6.04 Å². The minimum absolute atomic E-state index is 0.105. The number of carbonyl (C=O) groups excluding carboxylic acids is 3. The van der Waals surface area contributed by atoms with Gasteiger partial charge in [-0.25, -0.2) is 9.59 Å². The maximum absolute atomic E-state index is 13.2. The molecule has 1 aromatic rings. The molecular weight excluding hydrogens is 524 g/mol. The minimum Gasteiger partial charge on any atom is -0.435 e. The summed E-state index contributed by atoms with van der Waals surface area (Å²) in [5, 5.41) is 12.2. The number of aliphatic hydroxyl groups excluding tert-OH is 1. The van der Waals surface area contributed by atoms with Gasteiger partial charge >= 0.3 is 12.1 Å². The summed E-state index contributed by atoms with van der Waals surface area (Å²) in [5.74, 6) is 0.0269. The van der Waals surface area contributed by atoms with Crippen molar-refractivity contribution in [2.45, 2.75) is 57.3 Å². The van der Waals surface area contributed by atoms with Gasteiger partial charge in [0, 0.05) is 18.6 Å². The SMILES string of the molecule is CCOC(=O)OC(C)OC(=O)C(NC(=O)C(SSCCCc1ccccc1)C(CN)CSC)C(C)O. The zero-order chi connectivity index (χ0) is 26.9. The van der Waals surface area contributed by atoms with Gasteiger partial charge in [-0.05, 0) is 50.8 Å². The lowest BCUT2D eigenvalue weighted by atomic mass is 10.1. The predicted molar refractivity (Wildman–Crippen MR) is 147 cm³/mol. The normalized spacial score (nSPS) is 15.2. The molecule has 0 aromatic heterocycles. The first-order valence-electron chi connectivity index (χ1n) is 11.8. The summed E-state index contributed by atoms with van der Waals surface area (Å²) >= 11 is 1.59. The highest BCUT2D eigenvalue weighted by Gasteiger charge is 2.35. The molecule has 0 saturated carbocycles. The molecule has 0 aliphatic rings. The predicted octanol–water partition coefficient (Wildman–Crippen LogP) is 3.24. The number of nitrogens with one attached hydrogen (secondary N) is 1. The van der Waals surface area contributed by atoms with E-state index < -0.39 is 41.7 Å². The van der Waals surface area contributed by atoms with Crippen molar-refractivity contribution >= 4 is 51.4 Å². The number of aryl methyl sites for hydroxylation is 1. The summed E-state index contributed by atoms with van der Waals surface area (Å²) in [5.41, 5.74) is 7.24. The van der Waals surface area contributed by atoms with Crippen LogP contribution < -0.4 is 11.1 Å². The summed E-state index contributed by atoms with van der Waals surface area (Å²) < 4.78 is 14.5. The highest BCUT2D eigenvalue weighted by atomic mass is 33.1. The molecule has 0 fully saturated rings. The third-order valence-corrected chi connectivity index (χ3v) is 8.61. The van der Waals surface area contributed by atoms with Crippen molar-refractivity contribution in [3.8, 4) is 0 Å². The van der Waals surface area contributed by atoms with Crippen LogP contribution in [-0.2, 0) is 30.2 Å². The average molecular weight is 563 g/mol. The molecule has 0 heterocycles. The average Bonchev–Trinajstić information content (AvgIpc) is 2.83. The Morgan fingerprint density at radius 3 is 2.42 bits per heavy atom. The van der Waals surface area contributed by atoms with Gasteiger partial charge in [-0.1, -0.05) is 51.9 Å². The quantitative estimate of drug-likeness (QED) is 0.112. The number of hydrogen-bond acceptors (Lipinski definition) is 11. The Kier molecular flexibility index (Phi) is 16.8. The molecule has 1 aromatic carbocycles. The summed E-state index contributed by atoms with van der Waals surface area (Å²) in [4.78, 5) is 37.3. The van der Waals surface area contributed by atoms with Crippen molar-refractivity contribution in [2.24, 2.45) is 11.7 Å². The molecule has 5 unspecified atom stereocenters. The molecule has 0 aliphatic carbocycles. The van der Waals surface area contributed by atoms with Crippen LogP contribution in [0.4, 0.5) is 4.79 Å². The third kappa shape index (κ3) is 12.6. The van der Waals surface area contributed by atoms with E-state index in [1.54, 1.807) is 29.5 Å². The number of thioether (sulfide) groups is 1. The Bertz CT molecular complexity index is 786. The van der Waals surface area contributed by atoms with Crippen LogP contribution in [0.2, 0.25) is 0 Å². The zero-order valence-electron chi connectivity index (χ0n) is 21.2. The lowest BCUT2D eigenvalue weighted by Gasteiger charge is -2.27. The Balaban J connectivity index is 2.75. The Hall–Kier alpha value is -1.60. The van der Waals surface area contributed by atoms with Gasteiger partial charge in [-0.15, -0.1) is 0 Å². The number of aliphatic hydroxyl groups is 1. The number of rotatable bonds is 17. The molecule has 12 heteroatoms. The summed E-state index contributed by atoms with van der Waals surface area (Å²) in [6.07, 6.45) is 0.353. The van der Waals surface area contributed by atoms with Crippen molar-refractivity contribution in [3.63, 3.8) is 0 Å². The highest BCUT2D eigenvalue weighted by molar-refractivity contribution is 8.77. The van der Waals surface area contributed by atoms with E-state index in [4.69, 9.17) is 15.2 Å². The second-order valence-electron chi connectivity index (χ2n) is 7.91. The fourth-order valence-electron chi connectivity index (χ4n) is 3.09. The molecule has 0 radical (unpaired) electrons. The van der Waals surface area contributed by atoms with Crippen LogP contribution in [0.15, 0.2) is 30.3 Å². The van der Waals surface area contributed by atoms with Crippen LogP contribution >= 0.6 is 33.3 Å². The lowest BCUT2D eigenvalue weighted by molar-refractivity contribution is -0.173. The molecule has 0 bridgehead atoms. The monoisotopic (exact) mass is 562 g/mol. The Morgan fingerprint density at radius 2 is 1.83 bits per heavy atom. The van der Waals surface area contributed by atoms with E-state index >= 15 is 0 Å². The van der Waals surface area contributed by atoms with Gasteiger partial charge in [-0.3, -0.25) is 4.79 Å². The number of amides is 1. The molecule has 204 valence electrons. The van der Waals surface area contributed by atoms with E-state index in [9.17, 15) is 19.5 Å². The second-order valence-corrected chi connectivity index (χ2v) is 11.5. The van der Waals surface area contributed by atoms with Gasteiger partial charge in [0.1, 0.15) is 0 Å². The third-order valence-electron chi connectivity index (χ3n) is 4.92. The van der Waals surface area contributed by atoms with Crippen molar-refractivity contribution in [2.75, 3.05) is 30.9 Å². The van der Waals surface area contributed by atoms with Crippen LogP contribution in [0.3, 0.4) is 0 Å². The van der Waals surface area contributed by atoms with Gasteiger partial charge in [0.05, 0.1) is 18.0 Å². The van der Waals surface area contributed by atoms with Gasteiger partial charge in [0.25, 0.3) is 0 Å². The summed E-state index contributed by atoms with van der Waals surface area (Å²) in [6.45, 7) is 4.71. The Morgan fingerprint density at radius 1 is 1.14 bits per heavy atom. The second kappa shape index (κ2) is 18.6. The Labute approximate surface area is 225 Å². The van der Waals surface area contributed by atoms with Crippen LogP contribution in [0.25, 0.3) is 0 Å². The zero-order valence-corrected chi connectivity index (χ0v) is 23.7. The van der Waals surface area contributed by atoms with Crippen LogP contribution in [0, 0.1) is 5.92 Å². The number of esters is 1. The highest BCUT2D eigenvalue weighted by Crippen LogP contribution is 2.33. The van der Waals surface area contributed by atoms with E-state index in [1.165, 1.54) is 30.2 Å². The summed E-state index contributed by atoms with van der Waals surface area (Å²) in [7, 11) is 3.01. The maximum Gasteiger partial charge on any atom is 0.511 e. The van der Waals surface area contributed by atoms with Crippen LogP contribution in [0.5, 0.6) is 0 Å². The minimum atomic E-state index is -1.34. The van der Waals surface area contributed by atoms with Crippen molar-refractivity contribution in [1.29, 1.82) is 0 Å². The van der Waals surface area contributed by atoms with Crippen molar-refractivity contribution in [3.05, 3.63) is 35.9 Å². The molecule has 0 aliphatic heterocycles. The van der Waals surface area contributed by atoms with E-state index in [2.05, 4.69) is 22.2 Å². The molecule has 0 saturated heterocycles. The van der Waals surface area contributed by atoms with E-state index in [-0.39, 0.29) is 12.5 Å². The van der Waals surface area contributed by atoms with Gasteiger partial charge in [-0.2, -0.15) is 11.8 Å². The number of ether oxygens (including phenoxy) is 3. The number of nitrogens with two attached hydrogens (primary N) is 1. The summed E-state index contributed by atoms with van der Waals surface area (Å²) in [6, 6.07) is 8.85. The van der Waals surface area contributed by atoms with Gasteiger partial charge in [0.2, 0.25) is 12.2 Å². The lowest BCUT2D eigenvalue weighted by Crippen LogP contribution is -2.53. The van der Waals surface area contributed by atoms with Crippen LogP contribution in [0.1, 0.15) is 32.8 Å². The van der Waals surface area contributed by atoms with E-state index in [0.29, 0.717) is 12.3 Å². The van der Waals surface area contributed by atoms with E-state index in [1.807, 2.05) is 24.5 Å². The molecule has 1 amide bonds. The molecule has 5 atom stereocenters. The fraction of sp³-hybridized carbons (Fsp3) is 0.625. The topological polar surface area (TPSA) is 137 Å². The first kappa shape index (κ1) is 32.4. The molecular formula is C24H38N2O7S3. The van der Waals surface area contributed by atoms with Gasteiger partial charge < -0.3 is 30.4 Å². The largest absolute Gasteiger partial charge is 0.511 e. The molecule has 36 heavy (non-hydrogen) atoms. The molecule has 9 nitrogen and oxygen atoms in total. The number of benzene rings is 1. The van der Waals surface area contributed by atoms with Crippen molar-refractivity contribution < 1.29 is 33.7 Å². The maximum atomic E-state index is 13.2.